The van der Waals surface area contributed by atoms with Crippen LogP contribution in [0.5, 0.6) is 0 Å². The molecule has 132 valence electrons. The van der Waals surface area contributed by atoms with E-state index in [0.717, 1.165) is 5.56 Å². The summed E-state index contributed by atoms with van der Waals surface area (Å²) in [6, 6.07) is 9.43. The van der Waals surface area contributed by atoms with Crippen molar-refractivity contribution < 1.29 is 18.3 Å². The Morgan fingerprint density at radius 1 is 1.29 bits per heavy atom. The standard InChI is InChI=1S/C17H24N2O4S/c1-2-18(14-17(20)21)16-8-11-19(12-9-16)24(22,23)13-10-15-6-4-3-5-7-15/h3-7,10,13,16H,2,8-9,11-12,14H2,1H3,(H,20,21)/b13-10+. The quantitative estimate of drug-likeness (QED) is 0.810. The van der Waals surface area contributed by atoms with Crippen molar-refractivity contribution in [3.05, 3.63) is 41.3 Å². The third kappa shape index (κ3) is 5.15. The topological polar surface area (TPSA) is 77.9 Å². The maximum Gasteiger partial charge on any atom is 0.317 e. The van der Waals surface area contributed by atoms with Gasteiger partial charge in [0.05, 0.1) is 6.54 Å². The molecule has 0 saturated carbocycles. The van der Waals surface area contributed by atoms with Gasteiger partial charge in [-0.2, -0.15) is 4.31 Å². The van der Waals surface area contributed by atoms with Gasteiger partial charge >= 0.3 is 5.97 Å². The Labute approximate surface area is 143 Å². The molecule has 0 atom stereocenters. The van der Waals surface area contributed by atoms with Crippen molar-refractivity contribution in [2.24, 2.45) is 0 Å². The number of rotatable bonds is 7. The van der Waals surface area contributed by atoms with Crippen molar-refractivity contribution >= 4 is 22.1 Å². The predicted octanol–water partition coefficient (Wildman–Crippen LogP) is 1.86. The summed E-state index contributed by atoms with van der Waals surface area (Å²) in [6.45, 7) is 3.42. The first kappa shape index (κ1) is 18.6. The SMILES string of the molecule is CCN(CC(=O)O)C1CCN(S(=O)(=O)/C=C/c2ccccc2)CC1. The van der Waals surface area contributed by atoms with Gasteiger partial charge in [0, 0.05) is 24.5 Å². The third-order valence-corrected chi connectivity index (χ3v) is 5.84. The summed E-state index contributed by atoms with van der Waals surface area (Å²) in [5, 5.41) is 10.2. The van der Waals surface area contributed by atoms with Crippen LogP contribution in [0.1, 0.15) is 25.3 Å². The maximum absolute atomic E-state index is 12.4. The van der Waals surface area contributed by atoms with Gasteiger partial charge in [-0.3, -0.25) is 9.69 Å². The number of carboxylic acids is 1. The van der Waals surface area contributed by atoms with Gasteiger partial charge in [-0.05, 0) is 31.0 Å². The molecule has 0 unspecified atom stereocenters. The number of benzene rings is 1. The first-order valence-corrected chi connectivity index (χ1v) is 9.62. The average molecular weight is 352 g/mol. The van der Waals surface area contributed by atoms with E-state index >= 15 is 0 Å². The normalized spacial score (nSPS) is 17.6. The van der Waals surface area contributed by atoms with Crippen molar-refractivity contribution in [1.29, 1.82) is 0 Å². The summed E-state index contributed by atoms with van der Waals surface area (Å²) in [7, 11) is -3.44. The van der Waals surface area contributed by atoms with E-state index in [1.165, 1.54) is 9.71 Å². The first-order chi connectivity index (χ1) is 11.4. The minimum absolute atomic E-state index is 0.00181. The van der Waals surface area contributed by atoms with E-state index in [2.05, 4.69) is 0 Å². The highest BCUT2D eigenvalue weighted by atomic mass is 32.2. The van der Waals surface area contributed by atoms with Gasteiger partial charge in [0.1, 0.15) is 0 Å². The number of piperidine rings is 1. The predicted molar refractivity (Wildman–Crippen MR) is 93.9 cm³/mol. The number of nitrogens with zero attached hydrogens (tertiary/aromatic N) is 2. The van der Waals surface area contributed by atoms with E-state index in [4.69, 9.17) is 5.11 Å². The molecule has 24 heavy (non-hydrogen) atoms. The fraction of sp³-hybridized carbons (Fsp3) is 0.471. The molecule has 1 heterocycles. The van der Waals surface area contributed by atoms with Gasteiger partial charge in [0.2, 0.25) is 10.0 Å². The number of sulfonamides is 1. The van der Waals surface area contributed by atoms with Crippen LogP contribution in [-0.4, -0.2) is 60.9 Å². The number of aliphatic carboxylic acids is 1. The molecule has 0 amide bonds. The van der Waals surface area contributed by atoms with Crippen molar-refractivity contribution in [2.45, 2.75) is 25.8 Å². The van der Waals surface area contributed by atoms with Gasteiger partial charge in [-0.25, -0.2) is 8.42 Å². The second kappa shape index (κ2) is 8.41. The van der Waals surface area contributed by atoms with Gasteiger partial charge in [0.25, 0.3) is 0 Å². The molecule has 0 radical (unpaired) electrons. The molecule has 0 bridgehead atoms. The van der Waals surface area contributed by atoms with Crippen LogP contribution in [0.4, 0.5) is 0 Å². The molecule has 1 aromatic rings. The Balaban J connectivity index is 1.95. The van der Waals surface area contributed by atoms with E-state index in [1.807, 2.05) is 42.2 Å². The molecule has 2 rings (SSSR count). The zero-order valence-corrected chi connectivity index (χ0v) is 14.7. The number of hydrogen-bond acceptors (Lipinski definition) is 4. The minimum Gasteiger partial charge on any atom is -0.480 e. The molecular formula is C17H24N2O4S. The van der Waals surface area contributed by atoms with Crippen molar-refractivity contribution in [1.82, 2.24) is 9.21 Å². The number of carbonyl (C=O) groups is 1. The average Bonchev–Trinajstić information content (AvgIpc) is 2.59. The van der Waals surface area contributed by atoms with Crippen LogP contribution in [0.2, 0.25) is 0 Å². The van der Waals surface area contributed by atoms with Crippen LogP contribution in [0.3, 0.4) is 0 Å². The lowest BCUT2D eigenvalue weighted by Crippen LogP contribution is -2.47. The second-order valence-electron chi connectivity index (χ2n) is 5.85. The summed E-state index contributed by atoms with van der Waals surface area (Å²) < 4.78 is 26.3. The van der Waals surface area contributed by atoms with Crippen molar-refractivity contribution in [2.75, 3.05) is 26.2 Å². The Morgan fingerprint density at radius 3 is 2.46 bits per heavy atom. The Morgan fingerprint density at radius 2 is 1.92 bits per heavy atom. The molecule has 0 spiro atoms. The Hall–Kier alpha value is -1.70. The lowest BCUT2D eigenvalue weighted by molar-refractivity contribution is -0.139. The molecule has 1 saturated heterocycles. The summed E-state index contributed by atoms with van der Waals surface area (Å²) in [6.07, 6.45) is 2.91. The molecule has 1 N–H and O–H groups in total. The van der Waals surface area contributed by atoms with Crippen LogP contribution in [0, 0.1) is 0 Å². The monoisotopic (exact) mass is 352 g/mol. The van der Waals surface area contributed by atoms with Gasteiger partial charge in [-0.1, -0.05) is 37.3 Å². The van der Waals surface area contributed by atoms with E-state index in [-0.39, 0.29) is 12.6 Å². The van der Waals surface area contributed by atoms with Gasteiger partial charge in [-0.15, -0.1) is 0 Å². The van der Waals surface area contributed by atoms with E-state index in [1.54, 1.807) is 6.08 Å². The zero-order chi connectivity index (χ0) is 17.6. The molecule has 0 aliphatic carbocycles. The highest BCUT2D eigenvalue weighted by Crippen LogP contribution is 2.20. The summed E-state index contributed by atoms with van der Waals surface area (Å²) in [5.41, 5.74) is 0.842. The molecule has 1 fully saturated rings. The lowest BCUT2D eigenvalue weighted by atomic mass is 10.0. The van der Waals surface area contributed by atoms with Crippen molar-refractivity contribution in [3.8, 4) is 0 Å². The van der Waals surface area contributed by atoms with E-state index in [9.17, 15) is 13.2 Å². The lowest BCUT2D eigenvalue weighted by Gasteiger charge is -2.36. The third-order valence-electron chi connectivity index (χ3n) is 4.28. The summed E-state index contributed by atoms with van der Waals surface area (Å²) in [5.74, 6) is -0.849. The highest BCUT2D eigenvalue weighted by Gasteiger charge is 2.29. The summed E-state index contributed by atoms with van der Waals surface area (Å²) >= 11 is 0. The fourth-order valence-corrected chi connectivity index (χ4v) is 4.17. The van der Waals surface area contributed by atoms with Crippen LogP contribution in [0.15, 0.2) is 35.7 Å². The molecule has 1 aliphatic rings. The smallest absolute Gasteiger partial charge is 0.317 e. The fourth-order valence-electron chi connectivity index (χ4n) is 2.95. The van der Waals surface area contributed by atoms with Crippen LogP contribution in [-0.2, 0) is 14.8 Å². The minimum atomic E-state index is -3.44. The highest BCUT2D eigenvalue weighted by molar-refractivity contribution is 7.92. The molecule has 1 aliphatic heterocycles. The Bertz CT molecular complexity index is 665. The number of likely N-dealkylation sites (N-methyl/N-ethyl adjacent to an activating group) is 1. The van der Waals surface area contributed by atoms with Crippen molar-refractivity contribution in [3.63, 3.8) is 0 Å². The van der Waals surface area contributed by atoms with Gasteiger partial charge in [0.15, 0.2) is 0 Å². The van der Waals surface area contributed by atoms with Gasteiger partial charge < -0.3 is 5.11 Å². The van der Waals surface area contributed by atoms with E-state index in [0.29, 0.717) is 32.5 Å². The van der Waals surface area contributed by atoms with Crippen LogP contribution < -0.4 is 0 Å². The second-order valence-corrected chi connectivity index (χ2v) is 7.66. The maximum atomic E-state index is 12.4. The molecular weight excluding hydrogens is 328 g/mol. The summed E-state index contributed by atoms with van der Waals surface area (Å²) in [4.78, 5) is 12.8. The largest absolute Gasteiger partial charge is 0.480 e. The molecule has 0 aromatic heterocycles. The number of hydrogen-bond donors (Lipinski definition) is 1. The molecule has 7 heteroatoms. The molecule has 6 nitrogen and oxygen atoms in total. The first-order valence-electron chi connectivity index (χ1n) is 8.11. The van der Waals surface area contributed by atoms with Crippen LogP contribution >= 0.6 is 0 Å². The number of carboxylic acid groups (broad SMARTS) is 1. The van der Waals surface area contributed by atoms with Crippen LogP contribution in [0.25, 0.3) is 6.08 Å². The molecule has 1 aromatic carbocycles. The zero-order valence-electron chi connectivity index (χ0n) is 13.8. The Kier molecular flexibility index (Phi) is 6.53. The van der Waals surface area contributed by atoms with E-state index < -0.39 is 16.0 Å².